The molecule has 0 spiro atoms. The molecular weight excluding hydrogens is 202 g/mol. The van der Waals surface area contributed by atoms with E-state index in [9.17, 15) is 0 Å². The van der Waals surface area contributed by atoms with Crippen LogP contribution in [-0.4, -0.2) is 24.5 Å². The summed E-state index contributed by atoms with van der Waals surface area (Å²) in [5.41, 5.74) is 0.805. The first-order chi connectivity index (χ1) is 6.74. The Balaban J connectivity index is 2.61. The second kappa shape index (κ2) is 3.42. The van der Waals surface area contributed by atoms with E-state index in [4.69, 9.17) is 11.6 Å². The van der Waals surface area contributed by atoms with E-state index in [2.05, 4.69) is 15.2 Å². The summed E-state index contributed by atoms with van der Waals surface area (Å²) in [7, 11) is 0. The quantitative estimate of drug-likeness (QED) is 0.756. The molecule has 0 atom stereocenters. The van der Waals surface area contributed by atoms with Gasteiger partial charge in [-0.2, -0.15) is 10.2 Å². The van der Waals surface area contributed by atoms with Crippen LogP contribution in [0.2, 0.25) is 5.02 Å². The van der Waals surface area contributed by atoms with E-state index >= 15 is 0 Å². The smallest absolute Gasteiger partial charge is 0.172 e. The van der Waals surface area contributed by atoms with Crippen molar-refractivity contribution in [3.8, 4) is 5.82 Å². The number of nitrogens with zero attached hydrogens (tertiary/aromatic N) is 5. The molecule has 0 aromatic carbocycles. The van der Waals surface area contributed by atoms with Gasteiger partial charge in [-0.25, -0.2) is 14.3 Å². The lowest BCUT2D eigenvalue weighted by atomic mass is 10.4. The van der Waals surface area contributed by atoms with Crippen molar-refractivity contribution in [3.63, 3.8) is 0 Å². The van der Waals surface area contributed by atoms with Gasteiger partial charge in [-0.1, -0.05) is 11.6 Å². The van der Waals surface area contributed by atoms with Crippen LogP contribution in [0.5, 0.6) is 0 Å². The van der Waals surface area contributed by atoms with Gasteiger partial charge in [0.25, 0.3) is 0 Å². The first-order valence-electron chi connectivity index (χ1n) is 4.32. The van der Waals surface area contributed by atoms with E-state index in [0.29, 0.717) is 5.02 Å². The van der Waals surface area contributed by atoms with Crippen LogP contribution in [0.15, 0.2) is 12.7 Å². The molecule has 0 aliphatic heterocycles. The van der Waals surface area contributed by atoms with Crippen molar-refractivity contribution in [1.82, 2.24) is 24.5 Å². The van der Waals surface area contributed by atoms with Gasteiger partial charge in [0.15, 0.2) is 5.82 Å². The fraction of sp³-hybridized carbons (Fsp3) is 0.375. The summed E-state index contributed by atoms with van der Waals surface area (Å²) in [5.74, 6) is 0.768. The third-order valence-corrected chi connectivity index (χ3v) is 2.41. The summed E-state index contributed by atoms with van der Waals surface area (Å²) in [6.45, 7) is 4.63. The van der Waals surface area contributed by atoms with Crippen LogP contribution in [-0.2, 0) is 6.54 Å². The van der Waals surface area contributed by atoms with Crippen molar-refractivity contribution in [2.45, 2.75) is 20.4 Å². The molecule has 74 valence electrons. The number of hydrogen-bond donors (Lipinski definition) is 0. The Bertz CT molecular complexity index is 431. The van der Waals surface area contributed by atoms with Gasteiger partial charge in [-0.3, -0.25) is 0 Å². The Morgan fingerprint density at radius 1 is 1.50 bits per heavy atom. The molecule has 2 heterocycles. The van der Waals surface area contributed by atoms with Crippen LogP contribution < -0.4 is 0 Å². The molecule has 2 aromatic heterocycles. The highest BCUT2D eigenvalue weighted by molar-refractivity contribution is 6.32. The monoisotopic (exact) mass is 211 g/mol. The maximum atomic E-state index is 6.11. The predicted octanol–water partition coefficient (Wildman–Crippen LogP) is 1.45. The second-order valence-corrected chi connectivity index (χ2v) is 3.26. The van der Waals surface area contributed by atoms with Crippen LogP contribution in [0.1, 0.15) is 12.6 Å². The van der Waals surface area contributed by atoms with Crippen molar-refractivity contribution in [2.24, 2.45) is 0 Å². The summed E-state index contributed by atoms with van der Waals surface area (Å²) in [6, 6.07) is 0. The number of hydrogen-bond acceptors (Lipinski definition) is 3. The van der Waals surface area contributed by atoms with Gasteiger partial charge in [0.1, 0.15) is 17.7 Å². The standard InChI is InChI=1S/C8H10ClN5/c1-3-13-8(7(9)6(2)12-13)14-5-10-4-11-14/h4-5H,3H2,1-2H3. The van der Waals surface area contributed by atoms with Crippen LogP contribution in [0.25, 0.3) is 5.82 Å². The number of rotatable bonds is 2. The van der Waals surface area contributed by atoms with Crippen molar-refractivity contribution < 1.29 is 0 Å². The van der Waals surface area contributed by atoms with E-state index in [0.717, 1.165) is 18.1 Å². The minimum Gasteiger partial charge on any atom is -0.246 e. The molecule has 2 aromatic rings. The molecule has 0 fully saturated rings. The molecule has 0 N–H and O–H groups in total. The zero-order chi connectivity index (χ0) is 10.1. The molecule has 6 heteroatoms. The molecule has 0 amide bonds. The van der Waals surface area contributed by atoms with Crippen molar-refractivity contribution in [3.05, 3.63) is 23.4 Å². The lowest BCUT2D eigenvalue weighted by molar-refractivity contribution is 0.617. The first kappa shape index (κ1) is 9.21. The van der Waals surface area contributed by atoms with Crippen LogP contribution in [0.3, 0.4) is 0 Å². The molecule has 0 saturated carbocycles. The van der Waals surface area contributed by atoms with E-state index in [1.54, 1.807) is 15.7 Å². The minimum atomic E-state index is 0.623. The molecule has 0 aliphatic rings. The summed E-state index contributed by atoms with van der Waals surface area (Å²) in [6.07, 6.45) is 3.08. The molecule has 2 rings (SSSR count). The molecule has 0 radical (unpaired) electrons. The van der Waals surface area contributed by atoms with Crippen LogP contribution >= 0.6 is 11.6 Å². The Morgan fingerprint density at radius 3 is 2.86 bits per heavy atom. The highest BCUT2D eigenvalue weighted by atomic mass is 35.5. The number of halogens is 1. The molecule has 14 heavy (non-hydrogen) atoms. The lowest BCUT2D eigenvalue weighted by Gasteiger charge is -2.03. The maximum absolute atomic E-state index is 6.11. The molecule has 0 bridgehead atoms. The highest BCUT2D eigenvalue weighted by Crippen LogP contribution is 2.22. The second-order valence-electron chi connectivity index (χ2n) is 2.88. The van der Waals surface area contributed by atoms with Crippen LogP contribution in [0, 0.1) is 6.92 Å². The third-order valence-electron chi connectivity index (χ3n) is 1.96. The van der Waals surface area contributed by atoms with Gasteiger partial charge in [0, 0.05) is 6.54 Å². The minimum absolute atomic E-state index is 0.623. The summed E-state index contributed by atoms with van der Waals surface area (Å²) >= 11 is 6.11. The van der Waals surface area contributed by atoms with Gasteiger partial charge in [0.05, 0.1) is 5.69 Å². The molecule has 0 unspecified atom stereocenters. The fourth-order valence-electron chi connectivity index (χ4n) is 1.30. The van der Waals surface area contributed by atoms with Gasteiger partial charge < -0.3 is 0 Å². The Morgan fingerprint density at radius 2 is 2.29 bits per heavy atom. The topological polar surface area (TPSA) is 48.5 Å². The van der Waals surface area contributed by atoms with Gasteiger partial charge in [-0.05, 0) is 13.8 Å². The van der Waals surface area contributed by atoms with E-state index in [-0.39, 0.29) is 0 Å². The van der Waals surface area contributed by atoms with Gasteiger partial charge in [-0.15, -0.1) is 0 Å². The van der Waals surface area contributed by atoms with E-state index < -0.39 is 0 Å². The molecular formula is C8H10ClN5. The average Bonchev–Trinajstić information content (AvgIpc) is 2.76. The zero-order valence-corrected chi connectivity index (χ0v) is 8.73. The molecule has 0 saturated heterocycles. The number of aromatic nitrogens is 5. The Hall–Kier alpha value is -1.36. The van der Waals surface area contributed by atoms with Crippen molar-refractivity contribution >= 4 is 11.6 Å². The summed E-state index contributed by atoms with van der Waals surface area (Å²) in [4.78, 5) is 3.88. The SMILES string of the molecule is CCn1nc(C)c(Cl)c1-n1cncn1. The van der Waals surface area contributed by atoms with Crippen molar-refractivity contribution in [1.29, 1.82) is 0 Å². The van der Waals surface area contributed by atoms with E-state index in [1.807, 2.05) is 13.8 Å². The Labute approximate surface area is 86.3 Å². The molecule has 5 nitrogen and oxygen atoms in total. The van der Waals surface area contributed by atoms with Gasteiger partial charge >= 0.3 is 0 Å². The summed E-state index contributed by atoms with van der Waals surface area (Å²) in [5, 5.41) is 8.93. The normalized spacial score (nSPS) is 10.8. The summed E-state index contributed by atoms with van der Waals surface area (Å²) < 4.78 is 3.41. The zero-order valence-electron chi connectivity index (χ0n) is 7.98. The van der Waals surface area contributed by atoms with E-state index in [1.165, 1.54) is 6.33 Å². The molecule has 0 aliphatic carbocycles. The lowest BCUT2D eigenvalue weighted by Crippen LogP contribution is -2.06. The highest BCUT2D eigenvalue weighted by Gasteiger charge is 2.14. The van der Waals surface area contributed by atoms with Crippen molar-refractivity contribution in [2.75, 3.05) is 0 Å². The average molecular weight is 212 g/mol. The number of aryl methyl sites for hydroxylation is 2. The first-order valence-corrected chi connectivity index (χ1v) is 4.69. The maximum Gasteiger partial charge on any atom is 0.172 e. The Kier molecular flexibility index (Phi) is 2.25. The van der Waals surface area contributed by atoms with Gasteiger partial charge in [0.2, 0.25) is 0 Å². The predicted molar refractivity (Wildman–Crippen MR) is 52.6 cm³/mol. The fourth-order valence-corrected chi connectivity index (χ4v) is 1.53. The third kappa shape index (κ3) is 1.29. The largest absolute Gasteiger partial charge is 0.246 e. The van der Waals surface area contributed by atoms with Crippen LogP contribution in [0.4, 0.5) is 0 Å².